The van der Waals surface area contributed by atoms with Crippen LogP contribution in [0.15, 0.2) is 11.6 Å². The van der Waals surface area contributed by atoms with E-state index in [2.05, 4.69) is 0 Å². The van der Waals surface area contributed by atoms with Crippen LogP contribution in [0.4, 0.5) is 18.0 Å². The molecule has 1 heterocycles. The number of fused-ring (bicyclic) bond motifs is 3. The van der Waals surface area contributed by atoms with E-state index in [4.69, 9.17) is 18.4 Å². The number of Topliss-reactive ketones (excluding diaryl/α,β-unsaturated/α-hetero) is 1. The van der Waals surface area contributed by atoms with Gasteiger partial charge in [-0.15, -0.1) is 0 Å². The van der Waals surface area contributed by atoms with Crippen molar-refractivity contribution in [3.05, 3.63) is 11.6 Å². The molecular formula is C24H29F3O9S. The fourth-order valence-electron chi connectivity index (χ4n) is 8.07. The minimum atomic E-state index is -6.12. The summed E-state index contributed by atoms with van der Waals surface area (Å²) in [5.41, 5.74) is -9.35. The summed E-state index contributed by atoms with van der Waals surface area (Å²) in [6, 6.07) is 0. The third-order valence-electron chi connectivity index (χ3n) is 9.58. The van der Waals surface area contributed by atoms with Crippen LogP contribution in [0.3, 0.4) is 0 Å². The molecule has 1 saturated heterocycles. The topological polar surface area (TPSA) is 122 Å². The molecule has 3 saturated carbocycles. The normalized spacial score (nSPS) is 45.8. The number of carbonyl (C=O) groups excluding carboxylic acids is 3. The molecule has 5 aliphatic rings. The van der Waals surface area contributed by atoms with Gasteiger partial charge in [-0.2, -0.15) is 21.6 Å². The number of rotatable bonds is 3. The molecule has 5 rings (SSSR count). The molecule has 2 bridgehead atoms. The highest BCUT2D eigenvalue weighted by Crippen LogP contribution is 2.74. The summed E-state index contributed by atoms with van der Waals surface area (Å²) in [6.07, 6.45) is -3.68. The Labute approximate surface area is 212 Å². The fraction of sp³-hybridized carbons (Fsp3) is 0.792. The molecule has 1 aliphatic heterocycles. The van der Waals surface area contributed by atoms with Crippen molar-refractivity contribution >= 4 is 28.0 Å². The molecule has 10 atom stereocenters. The predicted octanol–water partition coefficient (Wildman–Crippen LogP) is 3.52. The summed E-state index contributed by atoms with van der Waals surface area (Å²) in [5.74, 6) is -4.98. The van der Waals surface area contributed by atoms with E-state index in [1.807, 2.05) is 13.8 Å². The quantitative estimate of drug-likeness (QED) is 0.225. The number of ketones is 1. The average Bonchev–Trinajstić information content (AvgIpc) is 3.03. The molecule has 0 radical (unpaired) electrons. The lowest BCUT2D eigenvalue weighted by atomic mass is 9.59. The monoisotopic (exact) mass is 550 g/mol. The Kier molecular flexibility index (Phi) is 5.35. The van der Waals surface area contributed by atoms with Gasteiger partial charge in [-0.1, -0.05) is 33.8 Å². The van der Waals surface area contributed by atoms with Crippen LogP contribution in [0.25, 0.3) is 0 Å². The summed E-state index contributed by atoms with van der Waals surface area (Å²) < 4.78 is 86.7. The van der Waals surface area contributed by atoms with Gasteiger partial charge in [0, 0.05) is 12.8 Å². The Morgan fingerprint density at radius 2 is 1.81 bits per heavy atom. The smallest absolute Gasteiger partial charge is 0.454 e. The van der Waals surface area contributed by atoms with Gasteiger partial charge in [0.15, 0.2) is 18.0 Å². The zero-order valence-corrected chi connectivity index (χ0v) is 21.9. The van der Waals surface area contributed by atoms with Gasteiger partial charge < -0.3 is 14.2 Å². The highest BCUT2D eigenvalue weighted by atomic mass is 32.2. The molecule has 2 spiro atoms. The lowest BCUT2D eigenvalue weighted by Gasteiger charge is -2.47. The summed E-state index contributed by atoms with van der Waals surface area (Å²) >= 11 is 0. The first-order valence-corrected chi connectivity index (χ1v) is 13.6. The highest BCUT2D eigenvalue weighted by molar-refractivity contribution is 7.87. The van der Waals surface area contributed by atoms with Gasteiger partial charge in [0.1, 0.15) is 0 Å². The summed E-state index contributed by atoms with van der Waals surface area (Å²) in [6.45, 7) is 9.69. The van der Waals surface area contributed by atoms with Crippen LogP contribution in [0.1, 0.15) is 48.0 Å². The minimum absolute atomic E-state index is 0.129. The van der Waals surface area contributed by atoms with Crippen LogP contribution in [-0.2, 0) is 38.1 Å². The van der Waals surface area contributed by atoms with E-state index in [9.17, 15) is 36.0 Å². The summed E-state index contributed by atoms with van der Waals surface area (Å²) in [4.78, 5) is 39.5. The minimum Gasteiger partial charge on any atom is -0.454 e. The first-order chi connectivity index (χ1) is 16.8. The Morgan fingerprint density at radius 3 is 2.38 bits per heavy atom. The van der Waals surface area contributed by atoms with Crippen molar-refractivity contribution in [1.29, 1.82) is 0 Å². The zero-order chi connectivity index (χ0) is 27.7. The second-order valence-corrected chi connectivity index (χ2v) is 13.3. The highest BCUT2D eigenvalue weighted by Gasteiger charge is 2.83. The number of hydrogen-bond donors (Lipinski definition) is 0. The third kappa shape index (κ3) is 3.12. The lowest BCUT2D eigenvalue weighted by molar-refractivity contribution is -0.181. The van der Waals surface area contributed by atoms with Gasteiger partial charge in [-0.25, -0.2) is 4.79 Å². The molecule has 0 N–H and O–H groups in total. The first kappa shape index (κ1) is 26.5. The Balaban J connectivity index is 1.79. The van der Waals surface area contributed by atoms with E-state index < -0.39 is 91.9 Å². The third-order valence-corrected chi connectivity index (χ3v) is 10.6. The van der Waals surface area contributed by atoms with Gasteiger partial charge in [-0.3, -0.25) is 13.8 Å². The van der Waals surface area contributed by atoms with Crippen molar-refractivity contribution in [1.82, 2.24) is 0 Å². The van der Waals surface area contributed by atoms with Crippen molar-refractivity contribution in [2.45, 2.75) is 77.4 Å². The predicted molar refractivity (Wildman–Crippen MR) is 118 cm³/mol. The lowest BCUT2D eigenvalue weighted by Crippen LogP contribution is -2.65. The maximum absolute atomic E-state index is 14.7. The molecule has 13 heteroatoms. The Hall–Kier alpha value is -2.15. The molecule has 0 aromatic carbocycles. The number of esters is 1. The van der Waals surface area contributed by atoms with E-state index in [0.29, 0.717) is 12.0 Å². The standard InChI is InChI=1S/C24H29F3O9S/c1-9-8-22-10(2)7-13-15(21(13,5)6)14(17(22)29)16(36-37(31,32)24(25,26)27)11(3)19-23(22,35-20(30)34-19)18(9)33-12(4)28/h8,10-11,13-16,18-19H,7H2,1-6H3/t10-,11+,13-,14-,15-,16-,18+,19?,22?,23?/m1/s1. The van der Waals surface area contributed by atoms with Crippen LogP contribution in [0.2, 0.25) is 0 Å². The van der Waals surface area contributed by atoms with Gasteiger partial charge in [0.2, 0.25) is 5.60 Å². The molecule has 206 valence electrons. The van der Waals surface area contributed by atoms with Gasteiger partial charge in [0.05, 0.1) is 17.4 Å². The van der Waals surface area contributed by atoms with Crippen LogP contribution in [0, 0.1) is 40.4 Å². The van der Waals surface area contributed by atoms with Crippen molar-refractivity contribution < 1.29 is 54.4 Å². The summed E-state index contributed by atoms with van der Waals surface area (Å²) in [5, 5.41) is 0. The first-order valence-electron chi connectivity index (χ1n) is 12.1. The molecule has 0 amide bonds. The van der Waals surface area contributed by atoms with Crippen LogP contribution in [-0.4, -0.2) is 55.7 Å². The number of alkyl halides is 3. The van der Waals surface area contributed by atoms with Gasteiger partial charge >= 0.3 is 27.8 Å². The van der Waals surface area contributed by atoms with Crippen LogP contribution in [0.5, 0.6) is 0 Å². The molecular weight excluding hydrogens is 521 g/mol. The molecule has 0 aromatic rings. The molecule has 3 unspecified atom stereocenters. The van der Waals surface area contributed by atoms with Crippen molar-refractivity contribution in [3.8, 4) is 0 Å². The van der Waals surface area contributed by atoms with E-state index >= 15 is 0 Å². The largest absolute Gasteiger partial charge is 0.523 e. The van der Waals surface area contributed by atoms with Gasteiger partial charge in [-0.05, 0) is 42.1 Å². The summed E-state index contributed by atoms with van der Waals surface area (Å²) in [7, 11) is -6.12. The number of halogens is 3. The zero-order valence-electron chi connectivity index (χ0n) is 21.1. The SMILES string of the molecule is CC(=O)O[C@H]1C(C)=CC23C(=O)[C@@H]([C@H](OS(=O)(=O)C(F)(F)F)[C@H](C)C4OC(=O)OC412)[C@H]1[C@@H](C[C@H]3C)C1(C)C. The number of carbonyl (C=O) groups is 3. The van der Waals surface area contributed by atoms with Crippen LogP contribution >= 0.6 is 0 Å². The second-order valence-electron chi connectivity index (χ2n) is 11.7. The molecule has 9 nitrogen and oxygen atoms in total. The van der Waals surface area contributed by atoms with Gasteiger partial charge in [0.25, 0.3) is 0 Å². The van der Waals surface area contributed by atoms with E-state index in [1.165, 1.54) is 6.92 Å². The fourth-order valence-corrected chi connectivity index (χ4v) is 8.77. The van der Waals surface area contributed by atoms with E-state index in [1.54, 1.807) is 19.9 Å². The Bertz CT molecular complexity index is 1220. The van der Waals surface area contributed by atoms with E-state index in [-0.39, 0.29) is 5.92 Å². The average molecular weight is 551 g/mol. The molecule has 0 aromatic heterocycles. The van der Waals surface area contributed by atoms with Crippen molar-refractivity contribution in [3.63, 3.8) is 0 Å². The maximum atomic E-state index is 14.7. The van der Waals surface area contributed by atoms with E-state index in [0.717, 1.165) is 6.92 Å². The Morgan fingerprint density at radius 1 is 1.19 bits per heavy atom. The number of ether oxygens (including phenoxy) is 3. The maximum Gasteiger partial charge on any atom is 0.523 e. The molecule has 37 heavy (non-hydrogen) atoms. The number of hydrogen-bond acceptors (Lipinski definition) is 9. The molecule has 4 aliphatic carbocycles. The van der Waals surface area contributed by atoms with Crippen molar-refractivity contribution in [2.24, 2.45) is 40.4 Å². The molecule has 4 fully saturated rings. The second kappa shape index (κ2) is 7.49. The van der Waals surface area contributed by atoms with Crippen molar-refractivity contribution in [2.75, 3.05) is 0 Å². The van der Waals surface area contributed by atoms with Crippen LogP contribution < -0.4 is 0 Å².